The summed E-state index contributed by atoms with van der Waals surface area (Å²) in [7, 11) is -1.92. The van der Waals surface area contributed by atoms with Gasteiger partial charge >= 0.3 is 0 Å². The minimum atomic E-state index is -3.68. The first kappa shape index (κ1) is 15.3. The van der Waals surface area contributed by atoms with Gasteiger partial charge in [-0.05, 0) is 25.0 Å². The number of H-pyrrole nitrogens is 1. The van der Waals surface area contributed by atoms with E-state index < -0.39 is 10.0 Å². The topological polar surface area (TPSA) is 79.8 Å². The van der Waals surface area contributed by atoms with Crippen molar-refractivity contribution in [3.8, 4) is 0 Å². The number of aryl methyl sites for hydroxylation is 1. The smallest absolute Gasteiger partial charge is 0.265 e. The van der Waals surface area contributed by atoms with E-state index in [2.05, 4.69) is 14.8 Å². The normalized spacial score (nSPS) is 16.0. The first-order chi connectivity index (χ1) is 11.5. The van der Waals surface area contributed by atoms with E-state index >= 15 is 0 Å². The summed E-state index contributed by atoms with van der Waals surface area (Å²) < 4.78 is 30.3. The predicted octanol–water partition coefficient (Wildman–Crippen LogP) is 3.36. The third-order valence-corrected chi connectivity index (χ3v) is 6.07. The average molecular weight is 344 g/mol. The minimum absolute atomic E-state index is 0.235. The van der Waals surface area contributed by atoms with Crippen LogP contribution in [-0.2, 0) is 17.1 Å². The number of sulfonamides is 1. The second-order valence-corrected chi connectivity index (χ2v) is 8.04. The summed E-state index contributed by atoms with van der Waals surface area (Å²) in [5.74, 6) is 0.235. The number of fused-ring (bicyclic) bond motifs is 1. The number of aromatic nitrogens is 3. The molecular weight excluding hydrogens is 324 g/mol. The van der Waals surface area contributed by atoms with Gasteiger partial charge < -0.3 is 4.98 Å². The molecule has 2 aromatic heterocycles. The molecule has 0 radical (unpaired) electrons. The van der Waals surface area contributed by atoms with Crippen molar-refractivity contribution in [2.24, 2.45) is 7.05 Å². The van der Waals surface area contributed by atoms with Crippen LogP contribution >= 0.6 is 0 Å². The van der Waals surface area contributed by atoms with Gasteiger partial charge in [0.15, 0.2) is 0 Å². The number of para-hydroxylation sites is 1. The Balaban J connectivity index is 1.74. The van der Waals surface area contributed by atoms with Gasteiger partial charge in [-0.3, -0.25) is 9.40 Å². The molecule has 0 aliphatic heterocycles. The Bertz CT molecular complexity index is 981. The first-order valence-corrected chi connectivity index (χ1v) is 9.65. The number of hydrogen-bond donors (Lipinski definition) is 2. The molecule has 7 heteroatoms. The number of aromatic amines is 1. The third-order valence-electron chi connectivity index (χ3n) is 4.68. The zero-order chi connectivity index (χ0) is 16.7. The molecule has 1 aromatic carbocycles. The van der Waals surface area contributed by atoms with Gasteiger partial charge in [-0.1, -0.05) is 25.0 Å². The molecule has 1 fully saturated rings. The molecule has 0 atom stereocenters. The number of rotatable bonds is 4. The van der Waals surface area contributed by atoms with E-state index in [4.69, 9.17) is 0 Å². The molecule has 0 spiro atoms. The number of anilines is 1. The maximum Gasteiger partial charge on any atom is 0.265 e. The minimum Gasteiger partial charge on any atom is -0.359 e. The van der Waals surface area contributed by atoms with E-state index in [1.165, 1.54) is 0 Å². The molecular formula is C17H20N4O2S. The predicted molar refractivity (Wildman–Crippen MR) is 93.5 cm³/mol. The second kappa shape index (κ2) is 5.66. The molecule has 3 aromatic rings. The van der Waals surface area contributed by atoms with Crippen LogP contribution in [0, 0.1) is 0 Å². The number of nitrogens with one attached hydrogen (secondary N) is 2. The highest BCUT2D eigenvalue weighted by Crippen LogP contribution is 2.37. The highest BCUT2D eigenvalue weighted by molar-refractivity contribution is 7.92. The van der Waals surface area contributed by atoms with Crippen LogP contribution in [-0.4, -0.2) is 23.2 Å². The van der Waals surface area contributed by atoms with Crippen molar-refractivity contribution in [3.05, 3.63) is 42.4 Å². The Hall–Kier alpha value is -2.28. The quantitative estimate of drug-likeness (QED) is 0.761. The fraction of sp³-hybridized carbons (Fsp3) is 0.353. The number of nitrogens with zero attached hydrogens (tertiary/aromatic N) is 2. The Labute approximate surface area is 140 Å². The van der Waals surface area contributed by atoms with Gasteiger partial charge in [0.05, 0.1) is 16.9 Å². The number of hydrogen-bond acceptors (Lipinski definition) is 3. The molecule has 1 saturated carbocycles. The maximum atomic E-state index is 13.0. The van der Waals surface area contributed by atoms with E-state index in [1.807, 2.05) is 18.2 Å². The standard InChI is InChI=1S/C17H20N4O2S/c1-21-11-15(17(19-21)12-5-2-3-6-12)24(22,23)20-14-8-4-7-13-9-10-18-16(13)14/h4,7-12,18,20H,2-3,5-6H2,1H3. The monoisotopic (exact) mass is 344 g/mol. The molecule has 1 aliphatic carbocycles. The summed E-state index contributed by atoms with van der Waals surface area (Å²) in [5.41, 5.74) is 2.03. The van der Waals surface area contributed by atoms with E-state index in [0.717, 1.165) is 36.6 Å². The lowest BCUT2D eigenvalue weighted by Crippen LogP contribution is -2.15. The second-order valence-electron chi connectivity index (χ2n) is 6.39. The van der Waals surface area contributed by atoms with Crippen molar-refractivity contribution >= 4 is 26.6 Å². The molecule has 2 heterocycles. The van der Waals surface area contributed by atoms with Gasteiger partial charge in [-0.2, -0.15) is 5.10 Å². The average Bonchev–Trinajstić information content (AvgIpc) is 3.27. The van der Waals surface area contributed by atoms with E-state index in [9.17, 15) is 8.42 Å². The summed E-state index contributed by atoms with van der Waals surface area (Å²) in [6.07, 6.45) is 7.69. The Morgan fingerprint density at radius 2 is 2.04 bits per heavy atom. The van der Waals surface area contributed by atoms with E-state index in [0.29, 0.717) is 16.3 Å². The molecule has 24 heavy (non-hydrogen) atoms. The molecule has 0 amide bonds. The largest absolute Gasteiger partial charge is 0.359 e. The zero-order valence-electron chi connectivity index (χ0n) is 13.5. The number of benzene rings is 1. The van der Waals surface area contributed by atoms with E-state index in [1.54, 1.807) is 30.2 Å². The molecule has 6 nitrogen and oxygen atoms in total. The van der Waals surface area contributed by atoms with Crippen LogP contribution in [0.15, 0.2) is 41.6 Å². The highest BCUT2D eigenvalue weighted by atomic mass is 32.2. The van der Waals surface area contributed by atoms with Gasteiger partial charge in [0, 0.05) is 30.7 Å². The van der Waals surface area contributed by atoms with Gasteiger partial charge in [0.25, 0.3) is 10.0 Å². The van der Waals surface area contributed by atoms with Crippen LogP contribution in [0.4, 0.5) is 5.69 Å². The molecule has 0 unspecified atom stereocenters. The highest BCUT2D eigenvalue weighted by Gasteiger charge is 2.29. The molecule has 2 N–H and O–H groups in total. The van der Waals surface area contributed by atoms with Crippen LogP contribution in [0.1, 0.15) is 37.3 Å². The van der Waals surface area contributed by atoms with Gasteiger partial charge in [0.2, 0.25) is 0 Å². The fourth-order valence-electron chi connectivity index (χ4n) is 3.54. The van der Waals surface area contributed by atoms with Crippen LogP contribution in [0.25, 0.3) is 10.9 Å². The van der Waals surface area contributed by atoms with Crippen molar-refractivity contribution in [2.75, 3.05) is 4.72 Å². The summed E-state index contributed by atoms with van der Waals surface area (Å²) in [6, 6.07) is 7.47. The Morgan fingerprint density at radius 3 is 2.83 bits per heavy atom. The Morgan fingerprint density at radius 1 is 1.25 bits per heavy atom. The lowest BCUT2D eigenvalue weighted by Gasteiger charge is -2.11. The van der Waals surface area contributed by atoms with Gasteiger partial charge in [0.1, 0.15) is 4.90 Å². The maximum absolute atomic E-state index is 13.0. The summed E-state index contributed by atoms with van der Waals surface area (Å²) >= 11 is 0. The zero-order valence-corrected chi connectivity index (χ0v) is 14.3. The first-order valence-electron chi connectivity index (χ1n) is 8.17. The van der Waals surface area contributed by atoms with Gasteiger partial charge in [-0.25, -0.2) is 8.42 Å². The molecule has 0 saturated heterocycles. The van der Waals surface area contributed by atoms with Crippen LogP contribution < -0.4 is 4.72 Å². The SMILES string of the molecule is Cn1cc(S(=O)(=O)Nc2cccc3cc[nH]c23)c(C2CCCC2)n1. The van der Waals surface area contributed by atoms with Crippen molar-refractivity contribution in [1.82, 2.24) is 14.8 Å². The van der Waals surface area contributed by atoms with Crippen LogP contribution in [0.3, 0.4) is 0 Å². The molecule has 0 bridgehead atoms. The Kier molecular flexibility index (Phi) is 3.60. The van der Waals surface area contributed by atoms with Gasteiger partial charge in [-0.15, -0.1) is 0 Å². The summed E-state index contributed by atoms with van der Waals surface area (Å²) in [4.78, 5) is 3.38. The summed E-state index contributed by atoms with van der Waals surface area (Å²) in [5, 5.41) is 5.41. The van der Waals surface area contributed by atoms with Crippen molar-refractivity contribution in [3.63, 3.8) is 0 Å². The van der Waals surface area contributed by atoms with Crippen LogP contribution in [0.5, 0.6) is 0 Å². The molecule has 1 aliphatic rings. The van der Waals surface area contributed by atoms with Crippen LogP contribution in [0.2, 0.25) is 0 Å². The third kappa shape index (κ3) is 2.58. The van der Waals surface area contributed by atoms with Crippen molar-refractivity contribution in [2.45, 2.75) is 36.5 Å². The lowest BCUT2D eigenvalue weighted by molar-refractivity contribution is 0.596. The van der Waals surface area contributed by atoms with Crippen molar-refractivity contribution < 1.29 is 8.42 Å². The van der Waals surface area contributed by atoms with E-state index in [-0.39, 0.29) is 5.92 Å². The molecule has 126 valence electrons. The fourth-order valence-corrected chi connectivity index (χ4v) is 4.89. The lowest BCUT2D eigenvalue weighted by atomic mass is 10.1. The molecule has 4 rings (SSSR count). The van der Waals surface area contributed by atoms with Crippen molar-refractivity contribution in [1.29, 1.82) is 0 Å². The summed E-state index contributed by atoms with van der Waals surface area (Å²) in [6.45, 7) is 0.